The van der Waals surface area contributed by atoms with Gasteiger partial charge in [0, 0.05) is 35.6 Å². The van der Waals surface area contributed by atoms with Crippen molar-refractivity contribution in [3.8, 4) is 0 Å². The Bertz CT molecular complexity index is 1060. The van der Waals surface area contributed by atoms with Crippen molar-refractivity contribution in [3.63, 3.8) is 0 Å². The third-order valence-electron chi connectivity index (χ3n) is 5.86. The molecule has 2 aromatic carbocycles. The number of hydrogen-bond donors (Lipinski definition) is 2. The lowest BCUT2D eigenvalue weighted by Crippen LogP contribution is -2.34. The Balaban J connectivity index is 1.32. The minimum absolute atomic E-state index is 0.0195. The molecular weight excluding hydrogens is 501 g/mol. The number of hydrogen-bond acceptors (Lipinski definition) is 5. The predicted molar refractivity (Wildman–Crippen MR) is 135 cm³/mol. The molecule has 0 radical (unpaired) electrons. The molecule has 6 nitrogen and oxygen atoms in total. The topological polar surface area (TPSA) is 70.2 Å². The zero-order valence-corrected chi connectivity index (χ0v) is 20.1. The normalized spacial score (nSPS) is 18.5. The SMILES string of the molecule is CN(C)c1nc(NC2CCC(CNC(=O)c3ccccc3I)CC2)nc2ccccc12. The second kappa shape index (κ2) is 9.80. The number of anilines is 2. The Morgan fingerprint density at radius 3 is 2.48 bits per heavy atom. The van der Waals surface area contributed by atoms with Crippen molar-refractivity contribution in [3.05, 3.63) is 57.7 Å². The van der Waals surface area contributed by atoms with E-state index >= 15 is 0 Å². The van der Waals surface area contributed by atoms with E-state index in [0.29, 0.717) is 17.9 Å². The first-order chi connectivity index (χ1) is 15.0. The average molecular weight is 529 g/mol. The highest BCUT2D eigenvalue weighted by Crippen LogP contribution is 2.28. The molecule has 4 rings (SSSR count). The van der Waals surface area contributed by atoms with Crippen LogP contribution in [0.1, 0.15) is 36.0 Å². The summed E-state index contributed by atoms with van der Waals surface area (Å²) in [4.78, 5) is 24.0. The van der Waals surface area contributed by atoms with Gasteiger partial charge in [-0.3, -0.25) is 4.79 Å². The molecule has 0 spiro atoms. The number of benzene rings is 2. The monoisotopic (exact) mass is 529 g/mol. The van der Waals surface area contributed by atoms with Crippen LogP contribution in [0.15, 0.2) is 48.5 Å². The number of amides is 1. The summed E-state index contributed by atoms with van der Waals surface area (Å²) in [5.41, 5.74) is 1.71. The maximum Gasteiger partial charge on any atom is 0.252 e. The first-order valence-corrected chi connectivity index (χ1v) is 11.8. The maximum absolute atomic E-state index is 12.5. The molecule has 31 heavy (non-hydrogen) atoms. The van der Waals surface area contributed by atoms with Gasteiger partial charge in [-0.2, -0.15) is 4.98 Å². The summed E-state index contributed by atoms with van der Waals surface area (Å²) in [5.74, 6) is 2.15. The molecular formula is C24H28IN5O. The van der Waals surface area contributed by atoms with Gasteiger partial charge in [-0.1, -0.05) is 24.3 Å². The number of halogens is 1. The van der Waals surface area contributed by atoms with Crippen molar-refractivity contribution in [2.45, 2.75) is 31.7 Å². The van der Waals surface area contributed by atoms with Gasteiger partial charge in [-0.15, -0.1) is 0 Å². The summed E-state index contributed by atoms with van der Waals surface area (Å²) in [7, 11) is 4.02. The van der Waals surface area contributed by atoms with Gasteiger partial charge in [0.15, 0.2) is 0 Å². The lowest BCUT2D eigenvalue weighted by atomic mass is 9.86. The number of aromatic nitrogens is 2. The van der Waals surface area contributed by atoms with Gasteiger partial charge >= 0.3 is 0 Å². The van der Waals surface area contributed by atoms with Gasteiger partial charge in [-0.05, 0) is 78.5 Å². The van der Waals surface area contributed by atoms with Crippen LogP contribution in [0.25, 0.3) is 10.9 Å². The number of rotatable bonds is 6. The first-order valence-electron chi connectivity index (χ1n) is 10.7. The molecule has 162 valence electrons. The fourth-order valence-corrected chi connectivity index (χ4v) is 4.77. The van der Waals surface area contributed by atoms with Gasteiger partial charge in [0.1, 0.15) is 5.82 Å². The predicted octanol–water partition coefficient (Wildman–Crippen LogP) is 4.70. The van der Waals surface area contributed by atoms with E-state index in [-0.39, 0.29) is 5.91 Å². The largest absolute Gasteiger partial charge is 0.362 e. The van der Waals surface area contributed by atoms with E-state index in [1.807, 2.05) is 61.5 Å². The molecule has 0 saturated heterocycles. The van der Waals surface area contributed by atoms with E-state index < -0.39 is 0 Å². The van der Waals surface area contributed by atoms with Crippen LogP contribution in [0.5, 0.6) is 0 Å². The summed E-state index contributed by atoms with van der Waals surface area (Å²) < 4.78 is 0.984. The van der Waals surface area contributed by atoms with E-state index in [4.69, 9.17) is 9.97 Å². The Morgan fingerprint density at radius 2 is 1.74 bits per heavy atom. The molecule has 1 aliphatic rings. The minimum atomic E-state index is 0.0195. The number of carbonyl (C=O) groups is 1. The molecule has 1 heterocycles. The number of nitrogens with one attached hydrogen (secondary N) is 2. The van der Waals surface area contributed by atoms with Gasteiger partial charge in [-0.25, -0.2) is 4.98 Å². The number of nitrogens with zero attached hydrogens (tertiary/aromatic N) is 3. The van der Waals surface area contributed by atoms with Gasteiger partial charge < -0.3 is 15.5 Å². The van der Waals surface area contributed by atoms with Gasteiger partial charge in [0.05, 0.1) is 11.1 Å². The zero-order chi connectivity index (χ0) is 21.8. The molecule has 0 atom stereocenters. The Morgan fingerprint density at radius 1 is 1.03 bits per heavy atom. The molecule has 0 unspecified atom stereocenters. The summed E-state index contributed by atoms with van der Waals surface area (Å²) in [5, 5.41) is 7.73. The van der Waals surface area contributed by atoms with E-state index in [9.17, 15) is 4.79 Å². The highest BCUT2D eigenvalue weighted by atomic mass is 127. The fraction of sp³-hybridized carbons (Fsp3) is 0.375. The number of para-hydroxylation sites is 1. The second-order valence-electron chi connectivity index (χ2n) is 8.33. The van der Waals surface area contributed by atoms with Crippen LogP contribution in [0.4, 0.5) is 11.8 Å². The third-order valence-corrected chi connectivity index (χ3v) is 6.80. The van der Waals surface area contributed by atoms with E-state index in [1.54, 1.807) is 0 Å². The van der Waals surface area contributed by atoms with E-state index in [0.717, 1.165) is 58.1 Å². The van der Waals surface area contributed by atoms with Crippen molar-refractivity contribution >= 4 is 51.2 Å². The van der Waals surface area contributed by atoms with Gasteiger partial charge in [0.2, 0.25) is 5.95 Å². The molecule has 2 N–H and O–H groups in total. The Kier molecular flexibility index (Phi) is 6.89. The molecule has 3 aromatic rings. The molecule has 1 aliphatic carbocycles. The first kappa shape index (κ1) is 21.8. The lowest BCUT2D eigenvalue weighted by molar-refractivity contribution is 0.0942. The van der Waals surface area contributed by atoms with Gasteiger partial charge in [0.25, 0.3) is 5.91 Å². The molecule has 1 amide bonds. The van der Waals surface area contributed by atoms with Crippen molar-refractivity contribution in [2.75, 3.05) is 30.9 Å². The van der Waals surface area contributed by atoms with Crippen molar-refractivity contribution in [1.82, 2.24) is 15.3 Å². The highest BCUT2D eigenvalue weighted by molar-refractivity contribution is 14.1. The van der Waals surface area contributed by atoms with Crippen LogP contribution in [0.3, 0.4) is 0 Å². The maximum atomic E-state index is 12.5. The number of fused-ring (bicyclic) bond motifs is 1. The molecule has 1 aromatic heterocycles. The van der Waals surface area contributed by atoms with Crippen LogP contribution in [-0.4, -0.2) is 42.6 Å². The zero-order valence-electron chi connectivity index (χ0n) is 17.9. The van der Waals surface area contributed by atoms with E-state index in [2.05, 4.69) is 39.3 Å². The standard InChI is InChI=1S/C24H28IN5O/c1-30(2)22-19-8-4-6-10-21(19)28-24(29-22)27-17-13-11-16(12-14-17)15-26-23(31)18-7-3-5-9-20(18)25/h3-10,16-17H,11-15H2,1-2H3,(H,26,31)(H,27,28,29). The molecule has 0 aliphatic heterocycles. The summed E-state index contributed by atoms with van der Waals surface area (Å²) >= 11 is 2.21. The van der Waals surface area contributed by atoms with E-state index in [1.165, 1.54) is 0 Å². The Hall–Kier alpha value is -2.42. The molecule has 7 heteroatoms. The smallest absolute Gasteiger partial charge is 0.252 e. The summed E-state index contributed by atoms with van der Waals surface area (Å²) in [6, 6.07) is 16.2. The summed E-state index contributed by atoms with van der Waals surface area (Å²) in [6.07, 6.45) is 4.27. The molecule has 1 fully saturated rings. The Labute approximate surface area is 197 Å². The third kappa shape index (κ3) is 5.26. The van der Waals surface area contributed by atoms with Crippen LogP contribution in [-0.2, 0) is 0 Å². The van der Waals surface area contributed by atoms with Crippen molar-refractivity contribution in [2.24, 2.45) is 5.92 Å². The lowest BCUT2D eigenvalue weighted by Gasteiger charge is -2.29. The molecule has 1 saturated carbocycles. The quantitative estimate of drug-likeness (QED) is 0.453. The van der Waals surface area contributed by atoms with Crippen molar-refractivity contribution in [1.29, 1.82) is 0 Å². The fourth-order valence-electron chi connectivity index (χ4n) is 4.14. The van der Waals surface area contributed by atoms with Crippen LogP contribution >= 0.6 is 22.6 Å². The van der Waals surface area contributed by atoms with Crippen LogP contribution < -0.4 is 15.5 Å². The van der Waals surface area contributed by atoms with Crippen molar-refractivity contribution < 1.29 is 4.79 Å². The molecule has 0 bridgehead atoms. The van der Waals surface area contributed by atoms with Crippen LogP contribution in [0.2, 0.25) is 0 Å². The number of carbonyl (C=O) groups excluding carboxylic acids is 1. The highest BCUT2D eigenvalue weighted by Gasteiger charge is 2.23. The minimum Gasteiger partial charge on any atom is -0.362 e. The summed E-state index contributed by atoms with van der Waals surface area (Å²) in [6.45, 7) is 0.730. The van der Waals surface area contributed by atoms with Crippen LogP contribution in [0, 0.1) is 9.49 Å². The second-order valence-corrected chi connectivity index (χ2v) is 9.50. The average Bonchev–Trinajstić information content (AvgIpc) is 2.78.